The molecule has 7 nitrogen and oxygen atoms in total. The lowest BCUT2D eigenvalue weighted by Crippen LogP contribution is -2.20. The predicted molar refractivity (Wildman–Crippen MR) is 124 cm³/mol. The van der Waals surface area contributed by atoms with Crippen molar-refractivity contribution >= 4 is 23.2 Å². The summed E-state index contributed by atoms with van der Waals surface area (Å²) in [6, 6.07) is 22.8. The van der Waals surface area contributed by atoms with E-state index in [0.717, 1.165) is 5.56 Å². The average Bonchev–Trinajstić information content (AvgIpc) is 3.38. The van der Waals surface area contributed by atoms with Crippen molar-refractivity contribution in [3.63, 3.8) is 0 Å². The first-order valence-electron chi connectivity index (χ1n) is 10.4. The van der Waals surface area contributed by atoms with Gasteiger partial charge < -0.3 is 24.5 Å². The second kappa shape index (κ2) is 10.8. The van der Waals surface area contributed by atoms with Crippen LogP contribution in [0, 0.1) is 5.82 Å². The highest BCUT2D eigenvalue weighted by molar-refractivity contribution is 6.02. The normalized spacial score (nSPS) is 10.4. The molecule has 4 aromatic rings. The highest BCUT2D eigenvalue weighted by Crippen LogP contribution is 2.20. The summed E-state index contributed by atoms with van der Waals surface area (Å²) in [4.78, 5) is 24.4. The summed E-state index contributed by atoms with van der Waals surface area (Å²) in [6.07, 6.45) is 1.42. The molecule has 0 spiro atoms. The largest absolute Gasteiger partial charge is 0.489 e. The predicted octanol–water partition coefficient (Wildman–Crippen LogP) is 5.27. The van der Waals surface area contributed by atoms with Crippen LogP contribution < -0.4 is 20.1 Å². The maximum absolute atomic E-state index is 13.0. The molecule has 0 unspecified atom stereocenters. The van der Waals surface area contributed by atoms with Gasteiger partial charge in [0.25, 0.3) is 11.8 Å². The van der Waals surface area contributed by atoms with E-state index in [1.54, 1.807) is 72.8 Å². The molecule has 1 aromatic heterocycles. The Hall–Kier alpha value is -4.59. The summed E-state index contributed by atoms with van der Waals surface area (Å²) in [5.41, 5.74) is 1.88. The first-order chi connectivity index (χ1) is 16.5. The first-order valence-corrected chi connectivity index (χ1v) is 10.4. The third kappa shape index (κ3) is 6.46. The van der Waals surface area contributed by atoms with Crippen LogP contribution in [0.2, 0.25) is 0 Å². The maximum atomic E-state index is 13.0. The number of hydrogen-bond acceptors (Lipinski definition) is 5. The smallest absolute Gasteiger partial charge is 0.291 e. The molecule has 0 fully saturated rings. The number of carbonyl (C=O) groups is 2. The molecule has 172 valence electrons. The summed E-state index contributed by atoms with van der Waals surface area (Å²) in [5.74, 6) is 0.115. The molecule has 3 aromatic carbocycles. The van der Waals surface area contributed by atoms with Crippen LogP contribution in [0.3, 0.4) is 0 Å². The van der Waals surface area contributed by atoms with Gasteiger partial charge in [0.05, 0.1) is 6.26 Å². The van der Waals surface area contributed by atoms with Crippen molar-refractivity contribution in [1.82, 2.24) is 0 Å². The van der Waals surface area contributed by atoms with E-state index in [2.05, 4.69) is 10.6 Å². The van der Waals surface area contributed by atoms with Crippen LogP contribution in [-0.4, -0.2) is 18.4 Å². The molecule has 0 atom stereocenters. The quantitative estimate of drug-likeness (QED) is 0.355. The monoisotopic (exact) mass is 460 g/mol. The lowest BCUT2D eigenvalue weighted by Gasteiger charge is -2.11. The van der Waals surface area contributed by atoms with Crippen molar-refractivity contribution in [3.8, 4) is 11.5 Å². The SMILES string of the molecule is O=C(COc1cccc(NC(=O)c2ccco2)c1)Nc1cccc(OCc2ccc(F)cc2)c1. The van der Waals surface area contributed by atoms with E-state index in [4.69, 9.17) is 13.9 Å². The fourth-order valence-electron chi connectivity index (χ4n) is 3.02. The zero-order valence-corrected chi connectivity index (χ0v) is 18.0. The molecule has 0 aliphatic rings. The van der Waals surface area contributed by atoms with Gasteiger partial charge in [-0.25, -0.2) is 4.39 Å². The third-order valence-corrected chi connectivity index (χ3v) is 4.64. The Bertz CT molecular complexity index is 1260. The third-order valence-electron chi connectivity index (χ3n) is 4.64. The van der Waals surface area contributed by atoms with Gasteiger partial charge in [0.2, 0.25) is 0 Å². The van der Waals surface area contributed by atoms with Gasteiger partial charge in [0.15, 0.2) is 12.4 Å². The lowest BCUT2D eigenvalue weighted by atomic mass is 10.2. The molecule has 2 amide bonds. The van der Waals surface area contributed by atoms with Crippen LogP contribution in [0.15, 0.2) is 95.6 Å². The number of anilines is 2. The van der Waals surface area contributed by atoms with Gasteiger partial charge in [-0.1, -0.05) is 24.3 Å². The number of amides is 2. The number of halogens is 1. The Labute approximate surface area is 195 Å². The molecule has 8 heteroatoms. The molecule has 34 heavy (non-hydrogen) atoms. The molecule has 1 heterocycles. The van der Waals surface area contributed by atoms with E-state index < -0.39 is 0 Å². The highest BCUT2D eigenvalue weighted by atomic mass is 19.1. The molecular formula is C26H21FN2O5. The summed E-state index contributed by atoms with van der Waals surface area (Å²) in [6.45, 7) is 0.0455. The molecule has 0 saturated heterocycles. The van der Waals surface area contributed by atoms with Gasteiger partial charge in [-0.2, -0.15) is 0 Å². The van der Waals surface area contributed by atoms with Crippen molar-refractivity contribution in [1.29, 1.82) is 0 Å². The standard InChI is InChI=1S/C26H21FN2O5/c27-19-11-9-18(10-12-19)16-33-22-6-1-4-20(14-22)28-25(30)17-34-23-7-2-5-21(15-23)29-26(31)24-8-3-13-32-24/h1-15H,16-17H2,(H,28,30)(H,29,31). The Morgan fingerprint density at radius 1 is 0.794 bits per heavy atom. The zero-order valence-electron chi connectivity index (χ0n) is 18.0. The number of benzene rings is 3. The van der Waals surface area contributed by atoms with Crippen LogP contribution in [0.4, 0.5) is 15.8 Å². The Balaban J connectivity index is 1.27. The lowest BCUT2D eigenvalue weighted by molar-refractivity contribution is -0.118. The Morgan fingerprint density at radius 2 is 1.47 bits per heavy atom. The second-order valence-electron chi connectivity index (χ2n) is 7.24. The van der Waals surface area contributed by atoms with E-state index in [1.807, 2.05) is 0 Å². The van der Waals surface area contributed by atoms with Crippen LogP contribution in [-0.2, 0) is 11.4 Å². The van der Waals surface area contributed by atoms with Crippen LogP contribution >= 0.6 is 0 Å². The van der Waals surface area contributed by atoms with Crippen LogP contribution in [0.1, 0.15) is 16.1 Å². The number of hydrogen-bond donors (Lipinski definition) is 2. The van der Waals surface area contributed by atoms with Gasteiger partial charge in [-0.3, -0.25) is 9.59 Å². The molecule has 0 radical (unpaired) electrons. The molecule has 0 aliphatic carbocycles. The highest BCUT2D eigenvalue weighted by Gasteiger charge is 2.10. The molecular weight excluding hydrogens is 439 g/mol. The average molecular weight is 460 g/mol. The minimum atomic E-state index is -0.388. The fourth-order valence-corrected chi connectivity index (χ4v) is 3.02. The van der Waals surface area contributed by atoms with Crippen molar-refractivity contribution in [2.45, 2.75) is 6.61 Å². The Kier molecular flexibility index (Phi) is 7.19. The van der Waals surface area contributed by atoms with E-state index in [0.29, 0.717) is 22.9 Å². The van der Waals surface area contributed by atoms with Crippen LogP contribution in [0.5, 0.6) is 11.5 Å². The van der Waals surface area contributed by atoms with Gasteiger partial charge in [0, 0.05) is 23.5 Å². The summed E-state index contributed by atoms with van der Waals surface area (Å²) in [7, 11) is 0. The van der Waals surface area contributed by atoms with Crippen molar-refractivity contribution < 1.29 is 27.9 Å². The van der Waals surface area contributed by atoms with E-state index in [9.17, 15) is 14.0 Å². The molecule has 2 N–H and O–H groups in total. The molecule has 0 saturated carbocycles. The van der Waals surface area contributed by atoms with Crippen molar-refractivity contribution in [2.24, 2.45) is 0 Å². The van der Waals surface area contributed by atoms with E-state index in [-0.39, 0.29) is 36.6 Å². The fraction of sp³-hybridized carbons (Fsp3) is 0.0769. The minimum Gasteiger partial charge on any atom is -0.489 e. The molecule has 0 aliphatic heterocycles. The van der Waals surface area contributed by atoms with Gasteiger partial charge >= 0.3 is 0 Å². The number of furan rings is 1. The summed E-state index contributed by atoms with van der Waals surface area (Å²) < 4.78 is 29.3. The second-order valence-corrected chi connectivity index (χ2v) is 7.24. The van der Waals surface area contributed by atoms with Gasteiger partial charge in [-0.05, 0) is 54.1 Å². The van der Waals surface area contributed by atoms with Crippen molar-refractivity contribution in [2.75, 3.05) is 17.2 Å². The molecule has 4 rings (SSSR count). The Morgan fingerprint density at radius 3 is 2.15 bits per heavy atom. The molecule has 0 bridgehead atoms. The van der Waals surface area contributed by atoms with E-state index in [1.165, 1.54) is 18.4 Å². The maximum Gasteiger partial charge on any atom is 0.291 e. The number of carbonyl (C=O) groups excluding carboxylic acids is 2. The zero-order chi connectivity index (χ0) is 23.8. The van der Waals surface area contributed by atoms with Gasteiger partial charge in [-0.15, -0.1) is 0 Å². The number of rotatable bonds is 9. The number of ether oxygens (including phenoxy) is 2. The van der Waals surface area contributed by atoms with Crippen LogP contribution in [0.25, 0.3) is 0 Å². The van der Waals surface area contributed by atoms with Crippen molar-refractivity contribution in [3.05, 3.63) is 108 Å². The van der Waals surface area contributed by atoms with Gasteiger partial charge in [0.1, 0.15) is 23.9 Å². The van der Waals surface area contributed by atoms with E-state index >= 15 is 0 Å². The summed E-state index contributed by atoms with van der Waals surface area (Å²) in [5, 5.41) is 5.45. The topological polar surface area (TPSA) is 89.8 Å². The summed E-state index contributed by atoms with van der Waals surface area (Å²) >= 11 is 0. The minimum absolute atomic E-state index is 0.189. The number of nitrogens with one attached hydrogen (secondary N) is 2. The first kappa shape index (κ1) is 22.6.